The number of anilines is 1. The van der Waals surface area contributed by atoms with Gasteiger partial charge in [-0.2, -0.15) is 0 Å². The van der Waals surface area contributed by atoms with Crippen LogP contribution in [-0.4, -0.2) is 36.0 Å². The van der Waals surface area contributed by atoms with Crippen molar-refractivity contribution in [2.75, 3.05) is 12.0 Å². The molecule has 0 fully saturated rings. The van der Waals surface area contributed by atoms with E-state index in [2.05, 4.69) is 4.74 Å². The average Bonchev–Trinajstić information content (AvgIpc) is 3.10. The van der Waals surface area contributed by atoms with E-state index in [1.54, 1.807) is 5.38 Å². The van der Waals surface area contributed by atoms with E-state index in [4.69, 9.17) is 5.11 Å². The summed E-state index contributed by atoms with van der Waals surface area (Å²) in [6.45, 7) is 0. The molecule has 1 aromatic heterocycles. The molecule has 0 saturated heterocycles. The van der Waals surface area contributed by atoms with Gasteiger partial charge in [-0.15, -0.1) is 11.3 Å². The summed E-state index contributed by atoms with van der Waals surface area (Å²) in [5.74, 6) is -3.13. The summed E-state index contributed by atoms with van der Waals surface area (Å²) in [6.07, 6.45) is 0. The van der Waals surface area contributed by atoms with Crippen LogP contribution in [0.4, 0.5) is 5.69 Å². The van der Waals surface area contributed by atoms with Crippen LogP contribution in [0.15, 0.2) is 29.6 Å². The van der Waals surface area contributed by atoms with E-state index in [9.17, 15) is 19.2 Å². The zero-order valence-electron chi connectivity index (χ0n) is 11.7. The number of carboxylic acids is 1. The van der Waals surface area contributed by atoms with Crippen molar-refractivity contribution in [3.8, 4) is 0 Å². The number of imide groups is 1. The molecule has 1 aliphatic heterocycles. The number of esters is 1. The summed E-state index contributed by atoms with van der Waals surface area (Å²) in [7, 11) is 1.20. The molecule has 7 nitrogen and oxygen atoms in total. The predicted octanol–water partition coefficient (Wildman–Crippen LogP) is 2.03. The Balaban J connectivity index is 2.09. The molecule has 0 saturated carbocycles. The molecule has 3 rings (SSSR count). The van der Waals surface area contributed by atoms with Crippen LogP contribution in [0.1, 0.15) is 40.7 Å². The third-order valence-corrected chi connectivity index (χ3v) is 4.27. The number of carbonyl (C=O) groups is 4. The van der Waals surface area contributed by atoms with Crippen LogP contribution >= 0.6 is 11.3 Å². The smallest absolute Gasteiger partial charge is 0.350 e. The number of hydrogen-bond acceptors (Lipinski definition) is 6. The first kappa shape index (κ1) is 14.9. The molecule has 2 amide bonds. The van der Waals surface area contributed by atoms with Gasteiger partial charge >= 0.3 is 11.9 Å². The van der Waals surface area contributed by atoms with Gasteiger partial charge in [-0.1, -0.05) is 0 Å². The minimum atomic E-state index is -1.20. The Morgan fingerprint density at radius 2 is 1.83 bits per heavy atom. The molecule has 2 aromatic rings. The Morgan fingerprint density at radius 3 is 2.48 bits per heavy atom. The molecule has 1 aliphatic rings. The van der Waals surface area contributed by atoms with Crippen LogP contribution < -0.4 is 4.90 Å². The van der Waals surface area contributed by atoms with E-state index < -0.39 is 23.8 Å². The number of carbonyl (C=O) groups excluding carboxylic acids is 3. The second-order valence-corrected chi connectivity index (χ2v) is 5.55. The van der Waals surface area contributed by atoms with Gasteiger partial charge < -0.3 is 9.84 Å². The number of thiophene rings is 1. The molecule has 0 radical (unpaired) electrons. The number of rotatable bonds is 3. The largest absolute Gasteiger partial charge is 0.478 e. The molecule has 1 N–H and O–H groups in total. The Bertz CT molecular complexity index is 869. The van der Waals surface area contributed by atoms with E-state index in [-0.39, 0.29) is 27.3 Å². The number of ether oxygens (including phenoxy) is 1. The first-order valence-corrected chi connectivity index (χ1v) is 7.25. The molecule has 0 unspecified atom stereocenters. The minimum absolute atomic E-state index is 0.00286. The standard InChI is InChI=1S/C15H9NO6S/c1-22-15(21)11-10(4-5-23-11)16-12(17)8-3-2-7(14(19)20)6-9(8)13(16)18/h2-6H,1H3,(H,19,20). The lowest BCUT2D eigenvalue weighted by Crippen LogP contribution is -2.30. The molecule has 116 valence electrons. The predicted molar refractivity (Wildman–Crippen MR) is 80.2 cm³/mol. The first-order chi connectivity index (χ1) is 11.0. The van der Waals surface area contributed by atoms with Crippen LogP contribution in [0.3, 0.4) is 0 Å². The van der Waals surface area contributed by atoms with Crippen molar-refractivity contribution in [2.24, 2.45) is 0 Å². The van der Waals surface area contributed by atoms with E-state index in [1.807, 2.05) is 0 Å². The molecule has 0 aliphatic carbocycles. The summed E-state index contributed by atoms with van der Waals surface area (Å²) in [6, 6.07) is 5.17. The maximum atomic E-state index is 12.5. The minimum Gasteiger partial charge on any atom is -0.478 e. The van der Waals surface area contributed by atoms with Crippen molar-refractivity contribution in [3.05, 3.63) is 51.2 Å². The lowest BCUT2D eigenvalue weighted by Gasteiger charge is -2.13. The molecule has 2 heterocycles. The highest BCUT2D eigenvalue weighted by Gasteiger charge is 2.39. The van der Waals surface area contributed by atoms with E-state index in [0.29, 0.717) is 0 Å². The van der Waals surface area contributed by atoms with Crippen molar-refractivity contribution in [1.82, 2.24) is 0 Å². The molecule has 8 heteroatoms. The SMILES string of the molecule is COC(=O)c1sccc1N1C(=O)c2ccc(C(=O)O)cc2C1=O. The lowest BCUT2D eigenvalue weighted by atomic mass is 10.1. The van der Waals surface area contributed by atoms with Crippen molar-refractivity contribution >= 4 is 40.8 Å². The maximum absolute atomic E-state index is 12.5. The van der Waals surface area contributed by atoms with Gasteiger partial charge in [0.2, 0.25) is 0 Å². The van der Waals surface area contributed by atoms with Gasteiger partial charge in [0.1, 0.15) is 4.88 Å². The zero-order chi connectivity index (χ0) is 16.7. The number of amides is 2. The Morgan fingerprint density at radius 1 is 1.13 bits per heavy atom. The lowest BCUT2D eigenvalue weighted by molar-refractivity contribution is 0.0606. The summed E-state index contributed by atoms with van der Waals surface area (Å²) < 4.78 is 4.64. The van der Waals surface area contributed by atoms with Gasteiger partial charge in [0.15, 0.2) is 0 Å². The number of methoxy groups -OCH3 is 1. The van der Waals surface area contributed by atoms with Crippen molar-refractivity contribution in [2.45, 2.75) is 0 Å². The summed E-state index contributed by atoms with van der Waals surface area (Å²) >= 11 is 1.05. The highest BCUT2D eigenvalue weighted by molar-refractivity contribution is 7.12. The van der Waals surface area contributed by atoms with Gasteiger partial charge in [0.05, 0.1) is 29.5 Å². The van der Waals surface area contributed by atoms with Gasteiger partial charge in [0.25, 0.3) is 11.8 Å². The zero-order valence-corrected chi connectivity index (χ0v) is 12.5. The second-order valence-electron chi connectivity index (χ2n) is 4.64. The van der Waals surface area contributed by atoms with Gasteiger partial charge in [-0.25, -0.2) is 14.5 Å². The summed E-state index contributed by atoms with van der Waals surface area (Å²) in [5, 5.41) is 10.6. The van der Waals surface area contributed by atoms with Crippen molar-refractivity contribution in [1.29, 1.82) is 0 Å². The number of aromatic carboxylic acids is 1. The Kier molecular flexibility index (Phi) is 3.45. The summed E-state index contributed by atoms with van der Waals surface area (Å²) in [4.78, 5) is 48.7. The first-order valence-electron chi connectivity index (χ1n) is 6.37. The Labute approximate surface area is 133 Å². The van der Waals surface area contributed by atoms with E-state index in [1.165, 1.54) is 25.3 Å². The number of hydrogen-bond donors (Lipinski definition) is 1. The molecule has 23 heavy (non-hydrogen) atoms. The number of nitrogens with zero attached hydrogens (tertiary/aromatic N) is 1. The monoisotopic (exact) mass is 331 g/mol. The third-order valence-electron chi connectivity index (χ3n) is 3.39. The molecule has 0 bridgehead atoms. The van der Waals surface area contributed by atoms with Gasteiger partial charge in [-0.05, 0) is 29.6 Å². The highest BCUT2D eigenvalue weighted by atomic mass is 32.1. The topological polar surface area (TPSA) is 101 Å². The van der Waals surface area contributed by atoms with Gasteiger partial charge in [0, 0.05) is 0 Å². The van der Waals surface area contributed by atoms with Crippen LogP contribution in [0.2, 0.25) is 0 Å². The Hall–Kier alpha value is -3.00. The highest BCUT2D eigenvalue weighted by Crippen LogP contribution is 2.34. The number of fused-ring (bicyclic) bond motifs is 1. The van der Waals surface area contributed by atoms with Crippen LogP contribution in [-0.2, 0) is 4.74 Å². The van der Waals surface area contributed by atoms with Crippen molar-refractivity contribution in [3.63, 3.8) is 0 Å². The number of carboxylic acid groups (broad SMARTS) is 1. The third kappa shape index (κ3) is 2.20. The molecule has 0 spiro atoms. The fourth-order valence-electron chi connectivity index (χ4n) is 2.32. The fourth-order valence-corrected chi connectivity index (χ4v) is 3.11. The van der Waals surface area contributed by atoms with E-state index >= 15 is 0 Å². The average molecular weight is 331 g/mol. The summed E-state index contributed by atoms with van der Waals surface area (Å²) in [5.41, 5.74) is 0.133. The molecule has 0 atom stereocenters. The quantitative estimate of drug-likeness (QED) is 0.682. The van der Waals surface area contributed by atoms with Crippen LogP contribution in [0.5, 0.6) is 0 Å². The molecular formula is C15H9NO6S. The van der Waals surface area contributed by atoms with Crippen LogP contribution in [0.25, 0.3) is 0 Å². The maximum Gasteiger partial charge on any atom is 0.350 e. The van der Waals surface area contributed by atoms with Crippen LogP contribution in [0, 0.1) is 0 Å². The number of benzene rings is 1. The van der Waals surface area contributed by atoms with Gasteiger partial charge in [-0.3, -0.25) is 9.59 Å². The molecule has 1 aromatic carbocycles. The molecular weight excluding hydrogens is 322 g/mol. The van der Waals surface area contributed by atoms with Crippen molar-refractivity contribution < 1.29 is 29.0 Å². The van der Waals surface area contributed by atoms with E-state index in [0.717, 1.165) is 22.3 Å². The fraction of sp³-hybridized carbons (Fsp3) is 0.0667. The normalized spacial score (nSPS) is 13.2. The second kappa shape index (κ2) is 5.33.